The summed E-state index contributed by atoms with van der Waals surface area (Å²) in [6, 6.07) is 16.1. The Kier molecular flexibility index (Phi) is 4.63. The second kappa shape index (κ2) is 6.84. The van der Waals surface area contributed by atoms with Crippen LogP contribution in [0.5, 0.6) is 5.75 Å². The Morgan fingerprint density at radius 3 is 2.78 bits per heavy atom. The molecule has 1 aliphatic rings. The van der Waals surface area contributed by atoms with E-state index in [-0.39, 0.29) is 18.0 Å². The highest BCUT2D eigenvalue weighted by Gasteiger charge is 2.27. The molecule has 2 atom stereocenters. The van der Waals surface area contributed by atoms with Crippen molar-refractivity contribution < 1.29 is 9.53 Å². The van der Waals surface area contributed by atoms with Crippen molar-refractivity contribution >= 4 is 5.91 Å². The van der Waals surface area contributed by atoms with Gasteiger partial charge in [-0.15, -0.1) is 0 Å². The van der Waals surface area contributed by atoms with Crippen LogP contribution >= 0.6 is 0 Å². The minimum absolute atomic E-state index is 0.00449. The molecule has 1 heterocycles. The van der Waals surface area contributed by atoms with Gasteiger partial charge in [-0.2, -0.15) is 0 Å². The zero-order valence-corrected chi connectivity index (χ0v) is 13.5. The van der Waals surface area contributed by atoms with Crippen LogP contribution in [0.2, 0.25) is 0 Å². The quantitative estimate of drug-likeness (QED) is 0.912. The maximum Gasteiger partial charge on any atom is 0.225 e. The minimum Gasteiger partial charge on any atom is -0.496 e. The summed E-state index contributed by atoms with van der Waals surface area (Å²) in [5.41, 5.74) is 3.34. The first kappa shape index (κ1) is 15.6. The highest BCUT2D eigenvalue weighted by atomic mass is 16.5. The van der Waals surface area contributed by atoms with Crippen molar-refractivity contribution in [1.82, 2.24) is 10.6 Å². The van der Waals surface area contributed by atoms with Crippen LogP contribution in [0.25, 0.3) is 0 Å². The SMILES string of the molecule is COc1ccccc1CC(=O)NC1c2ccccc2CNC1C. The van der Waals surface area contributed by atoms with Gasteiger partial charge < -0.3 is 15.4 Å². The Morgan fingerprint density at radius 2 is 1.96 bits per heavy atom. The van der Waals surface area contributed by atoms with Gasteiger partial charge in [0.1, 0.15) is 5.75 Å². The molecule has 1 amide bonds. The van der Waals surface area contributed by atoms with Gasteiger partial charge in [0.2, 0.25) is 5.91 Å². The lowest BCUT2D eigenvalue weighted by molar-refractivity contribution is -0.121. The van der Waals surface area contributed by atoms with Gasteiger partial charge >= 0.3 is 0 Å². The molecule has 1 aliphatic heterocycles. The van der Waals surface area contributed by atoms with E-state index in [1.165, 1.54) is 11.1 Å². The summed E-state index contributed by atoms with van der Waals surface area (Å²) in [5.74, 6) is 0.753. The van der Waals surface area contributed by atoms with Crippen LogP contribution in [0, 0.1) is 0 Å². The molecule has 2 aromatic rings. The zero-order valence-electron chi connectivity index (χ0n) is 13.5. The van der Waals surface area contributed by atoms with Gasteiger partial charge in [0.15, 0.2) is 0 Å². The maximum absolute atomic E-state index is 12.5. The summed E-state index contributed by atoms with van der Waals surface area (Å²) < 4.78 is 5.32. The summed E-state index contributed by atoms with van der Waals surface area (Å²) in [7, 11) is 1.63. The Morgan fingerprint density at radius 1 is 1.22 bits per heavy atom. The molecular formula is C19H22N2O2. The Bertz CT molecular complexity index is 699. The van der Waals surface area contributed by atoms with Gasteiger partial charge in [-0.25, -0.2) is 0 Å². The number of hydrogen-bond acceptors (Lipinski definition) is 3. The Balaban J connectivity index is 1.75. The van der Waals surface area contributed by atoms with Gasteiger partial charge in [0.05, 0.1) is 19.6 Å². The number of methoxy groups -OCH3 is 1. The van der Waals surface area contributed by atoms with E-state index in [1.54, 1.807) is 7.11 Å². The van der Waals surface area contributed by atoms with Crippen molar-refractivity contribution in [2.45, 2.75) is 32.0 Å². The number of benzene rings is 2. The molecule has 0 spiro atoms. The molecular weight excluding hydrogens is 288 g/mol. The van der Waals surface area contributed by atoms with Crippen LogP contribution in [0.1, 0.15) is 29.7 Å². The van der Waals surface area contributed by atoms with Gasteiger partial charge in [0.25, 0.3) is 0 Å². The fourth-order valence-corrected chi connectivity index (χ4v) is 3.11. The van der Waals surface area contributed by atoms with Crippen LogP contribution in [-0.2, 0) is 17.8 Å². The van der Waals surface area contributed by atoms with Crippen LogP contribution in [0.3, 0.4) is 0 Å². The fourth-order valence-electron chi connectivity index (χ4n) is 3.11. The summed E-state index contributed by atoms with van der Waals surface area (Å²) in [5, 5.41) is 6.61. The number of hydrogen-bond donors (Lipinski definition) is 2. The van der Waals surface area contributed by atoms with Crippen molar-refractivity contribution in [2.24, 2.45) is 0 Å². The van der Waals surface area contributed by atoms with Crippen LogP contribution in [-0.4, -0.2) is 19.1 Å². The zero-order chi connectivity index (χ0) is 16.2. The molecule has 3 rings (SSSR count). The third-order valence-corrected chi connectivity index (χ3v) is 4.36. The van der Waals surface area contributed by atoms with Crippen molar-refractivity contribution in [1.29, 1.82) is 0 Å². The van der Waals surface area contributed by atoms with E-state index in [0.29, 0.717) is 6.42 Å². The molecule has 4 nitrogen and oxygen atoms in total. The smallest absolute Gasteiger partial charge is 0.225 e. The standard InChI is InChI=1S/C19H22N2O2/c1-13-19(16-9-5-3-8-15(16)12-20-13)21-18(22)11-14-7-4-6-10-17(14)23-2/h3-10,13,19-20H,11-12H2,1-2H3,(H,21,22). The molecule has 0 bridgehead atoms. The van der Waals surface area contributed by atoms with Gasteiger partial charge in [-0.3, -0.25) is 4.79 Å². The summed E-state index contributed by atoms with van der Waals surface area (Å²) in [6.07, 6.45) is 0.315. The molecule has 2 aromatic carbocycles. The van der Waals surface area contributed by atoms with Crippen molar-refractivity contribution in [3.63, 3.8) is 0 Å². The monoisotopic (exact) mass is 310 g/mol. The fraction of sp³-hybridized carbons (Fsp3) is 0.316. The lowest BCUT2D eigenvalue weighted by Gasteiger charge is -2.33. The topological polar surface area (TPSA) is 50.4 Å². The first-order chi connectivity index (χ1) is 11.2. The maximum atomic E-state index is 12.5. The summed E-state index contributed by atoms with van der Waals surface area (Å²) in [6.45, 7) is 2.94. The van der Waals surface area contributed by atoms with E-state index in [2.05, 4.69) is 29.7 Å². The molecule has 2 N–H and O–H groups in total. The molecule has 0 radical (unpaired) electrons. The molecule has 23 heavy (non-hydrogen) atoms. The van der Waals surface area contributed by atoms with Gasteiger partial charge in [-0.05, 0) is 24.1 Å². The number of ether oxygens (including phenoxy) is 1. The molecule has 0 aliphatic carbocycles. The van der Waals surface area contributed by atoms with Crippen LogP contribution in [0.4, 0.5) is 0 Å². The predicted octanol–water partition coefficient (Wildman–Crippen LogP) is 2.59. The summed E-state index contributed by atoms with van der Waals surface area (Å²) in [4.78, 5) is 12.5. The third kappa shape index (κ3) is 3.37. The number of rotatable bonds is 4. The van der Waals surface area contributed by atoms with E-state index < -0.39 is 0 Å². The second-order valence-corrected chi connectivity index (χ2v) is 5.90. The summed E-state index contributed by atoms with van der Waals surface area (Å²) >= 11 is 0. The number of carbonyl (C=O) groups is 1. The van der Waals surface area contributed by atoms with E-state index in [4.69, 9.17) is 4.74 Å². The second-order valence-electron chi connectivity index (χ2n) is 5.90. The average molecular weight is 310 g/mol. The Labute approximate surface area is 136 Å². The lowest BCUT2D eigenvalue weighted by Crippen LogP contribution is -2.46. The number of carbonyl (C=O) groups excluding carboxylic acids is 1. The van der Waals surface area contributed by atoms with Gasteiger partial charge in [-0.1, -0.05) is 42.5 Å². The van der Waals surface area contributed by atoms with E-state index >= 15 is 0 Å². The van der Waals surface area contributed by atoms with E-state index in [0.717, 1.165) is 17.9 Å². The van der Waals surface area contributed by atoms with Crippen molar-refractivity contribution in [3.05, 3.63) is 65.2 Å². The number of nitrogens with one attached hydrogen (secondary N) is 2. The van der Waals surface area contributed by atoms with Crippen LogP contribution < -0.4 is 15.4 Å². The molecule has 0 saturated heterocycles. The first-order valence-corrected chi connectivity index (χ1v) is 7.91. The molecule has 0 aromatic heterocycles. The highest BCUT2D eigenvalue weighted by molar-refractivity contribution is 5.80. The average Bonchev–Trinajstić information content (AvgIpc) is 2.58. The lowest BCUT2D eigenvalue weighted by atomic mass is 9.91. The number of amides is 1. The largest absolute Gasteiger partial charge is 0.496 e. The molecule has 0 fully saturated rings. The van der Waals surface area contributed by atoms with Gasteiger partial charge in [0, 0.05) is 18.2 Å². The minimum atomic E-state index is -0.0119. The van der Waals surface area contributed by atoms with Crippen molar-refractivity contribution in [2.75, 3.05) is 7.11 Å². The normalized spacial score (nSPS) is 19.7. The van der Waals surface area contributed by atoms with E-state index in [1.807, 2.05) is 36.4 Å². The van der Waals surface area contributed by atoms with Crippen molar-refractivity contribution in [3.8, 4) is 5.75 Å². The highest BCUT2D eigenvalue weighted by Crippen LogP contribution is 2.26. The first-order valence-electron chi connectivity index (χ1n) is 7.91. The van der Waals surface area contributed by atoms with Crippen LogP contribution in [0.15, 0.2) is 48.5 Å². The molecule has 4 heteroatoms. The predicted molar refractivity (Wildman–Crippen MR) is 90.3 cm³/mol. The molecule has 0 saturated carbocycles. The number of para-hydroxylation sites is 1. The number of fused-ring (bicyclic) bond motifs is 1. The molecule has 2 unspecified atom stereocenters. The third-order valence-electron chi connectivity index (χ3n) is 4.36. The Hall–Kier alpha value is -2.33. The van der Waals surface area contributed by atoms with E-state index in [9.17, 15) is 4.79 Å². The molecule has 120 valence electrons.